The first-order valence-corrected chi connectivity index (χ1v) is 6.93. The van der Waals surface area contributed by atoms with Crippen molar-refractivity contribution in [1.82, 2.24) is 4.90 Å². The quantitative estimate of drug-likeness (QED) is 0.884. The molecule has 2 atom stereocenters. The molecular formula is C15H20N2O2. The molecular weight excluding hydrogens is 240 g/mol. The van der Waals surface area contributed by atoms with Crippen molar-refractivity contribution in [3.63, 3.8) is 0 Å². The molecule has 1 aliphatic carbocycles. The van der Waals surface area contributed by atoms with Gasteiger partial charge >= 0.3 is 6.09 Å². The first-order chi connectivity index (χ1) is 9.22. The molecule has 0 radical (unpaired) electrons. The first kappa shape index (κ1) is 12.5. The van der Waals surface area contributed by atoms with Crippen LogP contribution in [0.5, 0.6) is 0 Å². The number of rotatable bonds is 2. The van der Waals surface area contributed by atoms with E-state index in [0.717, 1.165) is 31.5 Å². The number of nitrogens with two attached hydrogens (primary N) is 1. The predicted octanol–water partition coefficient (Wildman–Crippen LogP) is 1.99. The molecule has 1 saturated carbocycles. The second-order valence-electron chi connectivity index (χ2n) is 5.70. The van der Waals surface area contributed by atoms with Crippen molar-refractivity contribution in [2.24, 2.45) is 17.6 Å². The van der Waals surface area contributed by atoms with Crippen molar-refractivity contribution in [2.75, 3.05) is 13.1 Å². The van der Waals surface area contributed by atoms with Crippen LogP contribution in [0.25, 0.3) is 0 Å². The van der Waals surface area contributed by atoms with Crippen LogP contribution in [0.1, 0.15) is 18.4 Å². The first-order valence-electron chi connectivity index (χ1n) is 6.93. The summed E-state index contributed by atoms with van der Waals surface area (Å²) in [6, 6.07) is 10.1. The Hall–Kier alpha value is -1.55. The average Bonchev–Trinajstić information content (AvgIpc) is 2.94. The Balaban J connectivity index is 1.50. The van der Waals surface area contributed by atoms with Gasteiger partial charge in [-0.1, -0.05) is 30.3 Å². The van der Waals surface area contributed by atoms with Gasteiger partial charge in [0.1, 0.15) is 6.61 Å². The average molecular weight is 260 g/mol. The molecule has 4 nitrogen and oxygen atoms in total. The molecule has 1 heterocycles. The normalized spacial score (nSPS) is 29.3. The lowest BCUT2D eigenvalue weighted by atomic mass is 10.0. The molecule has 1 saturated heterocycles. The highest BCUT2D eigenvalue weighted by Gasteiger charge is 2.41. The number of likely N-dealkylation sites (tertiary alicyclic amines) is 1. The summed E-state index contributed by atoms with van der Waals surface area (Å²) in [5.74, 6) is 1.17. The summed E-state index contributed by atoms with van der Waals surface area (Å²) in [5, 5.41) is 0. The van der Waals surface area contributed by atoms with Gasteiger partial charge in [-0.15, -0.1) is 0 Å². The van der Waals surface area contributed by atoms with E-state index in [-0.39, 0.29) is 6.09 Å². The Labute approximate surface area is 113 Å². The van der Waals surface area contributed by atoms with Crippen LogP contribution in [0.3, 0.4) is 0 Å². The maximum absolute atomic E-state index is 12.0. The van der Waals surface area contributed by atoms with Gasteiger partial charge < -0.3 is 15.4 Å². The molecule has 3 rings (SSSR count). The summed E-state index contributed by atoms with van der Waals surface area (Å²) in [7, 11) is 0. The molecule has 4 heteroatoms. The van der Waals surface area contributed by atoms with E-state index in [0.29, 0.717) is 24.5 Å². The van der Waals surface area contributed by atoms with Crippen LogP contribution in [-0.2, 0) is 11.3 Å². The van der Waals surface area contributed by atoms with Gasteiger partial charge in [0.25, 0.3) is 0 Å². The molecule has 2 aliphatic rings. The Kier molecular flexibility index (Phi) is 3.42. The van der Waals surface area contributed by atoms with Crippen LogP contribution in [0.4, 0.5) is 4.79 Å². The zero-order chi connectivity index (χ0) is 13.2. The number of amides is 1. The number of benzene rings is 1. The molecule has 2 N–H and O–H groups in total. The van der Waals surface area contributed by atoms with Crippen LogP contribution in [0.2, 0.25) is 0 Å². The lowest BCUT2D eigenvalue weighted by molar-refractivity contribution is 0.101. The van der Waals surface area contributed by atoms with Crippen molar-refractivity contribution < 1.29 is 9.53 Å². The Bertz CT molecular complexity index is 435. The van der Waals surface area contributed by atoms with Crippen LogP contribution in [-0.4, -0.2) is 30.1 Å². The molecule has 1 aromatic carbocycles. The van der Waals surface area contributed by atoms with E-state index in [4.69, 9.17) is 10.5 Å². The number of ether oxygens (including phenoxy) is 1. The van der Waals surface area contributed by atoms with Gasteiger partial charge in [0.05, 0.1) is 0 Å². The highest BCUT2D eigenvalue weighted by molar-refractivity contribution is 5.68. The number of nitrogens with zero attached hydrogens (tertiary/aromatic N) is 1. The van der Waals surface area contributed by atoms with E-state index >= 15 is 0 Å². The molecule has 0 bridgehead atoms. The standard InChI is InChI=1S/C15H20N2O2/c16-14-6-12-8-17(9-13(12)7-14)15(18)19-10-11-4-2-1-3-5-11/h1-5,12-14H,6-10,16H2. The maximum atomic E-state index is 12.0. The smallest absolute Gasteiger partial charge is 0.410 e. The van der Waals surface area contributed by atoms with Crippen molar-refractivity contribution in [1.29, 1.82) is 0 Å². The molecule has 1 amide bonds. The summed E-state index contributed by atoms with van der Waals surface area (Å²) < 4.78 is 5.36. The van der Waals surface area contributed by atoms with E-state index in [1.807, 2.05) is 35.2 Å². The van der Waals surface area contributed by atoms with Gasteiger partial charge in [0, 0.05) is 19.1 Å². The molecule has 0 aromatic heterocycles. The van der Waals surface area contributed by atoms with Crippen LogP contribution < -0.4 is 5.73 Å². The summed E-state index contributed by atoms with van der Waals surface area (Å²) in [6.45, 7) is 1.98. The molecule has 102 valence electrons. The molecule has 19 heavy (non-hydrogen) atoms. The summed E-state index contributed by atoms with van der Waals surface area (Å²) in [4.78, 5) is 13.8. The molecule has 0 spiro atoms. The second kappa shape index (κ2) is 5.21. The highest BCUT2D eigenvalue weighted by Crippen LogP contribution is 2.37. The summed E-state index contributed by atoms with van der Waals surface area (Å²) in [5.41, 5.74) is 6.97. The van der Waals surface area contributed by atoms with Crippen LogP contribution in [0, 0.1) is 11.8 Å². The Morgan fingerprint density at radius 1 is 1.21 bits per heavy atom. The summed E-state index contributed by atoms with van der Waals surface area (Å²) in [6.07, 6.45) is 1.91. The fraction of sp³-hybridized carbons (Fsp3) is 0.533. The third-order valence-corrected chi connectivity index (χ3v) is 4.25. The van der Waals surface area contributed by atoms with Crippen molar-refractivity contribution in [3.05, 3.63) is 35.9 Å². The Morgan fingerprint density at radius 2 is 1.84 bits per heavy atom. The topological polar surface area (TPSA) is 55.6 Å². The van der Waals surface area contributed by atoms with Crippen molar-refractivity contribution >= 4 is 6.09 Å². The van der Waals surface area contributed by atoms with E-state index in [1.54, 1.807) is 0 Å². The van der Waals surface area contributed by atoms with Gasteiger partial charge in [-0.25, -0.2) is 4.79 Å². The largest absolute Gasteiger partial charge is 0.445 e. The lowest BCUT2D eigenvalue weighted by Gasteiger charge is -2.18. The van der Waals surface area contributed by atoms with E-state index in [2.05, 4.69) is 0 Å². The number of carbonyl (C=O) groups is 1. The molecule has 1 aromatic rings. The van der Waals surface area contributed by atoms with Gasteiger partial charge in [-0.05, 0) is 30.2 Å². The lowest BCUT2D eigenvalue weighted by Crippen LogP contribution is -2.31. The minimum atomic E-state index is -0.188. The maximum Gasteiger partial charge on any atom is 0.410 e. The fourth-order valence-corrected chi connectivity index (χ4v) is 3.31. The van der Waals surface area contributed by atoms with Crippen LogP contribution in [0.15, 0.2) is 30.3 Å². The SMILES string of the molecule is NC1CC2CN(C(=O)OCc3ccccc3)CC2C1. The van der Waals surface area contributed by atoms with Crippen LogP contribution >= 0.6 is 0 Å². The van der Waals surface area contributed by atoms with Gasteiger partial charge in [-0.3, -0.25) is 0 Å². The number of hydrogen-bond acceptors (Lipinski definition) is 3. The van der Waals surface area contributed by atoms with Crippen molar-refractivity contribution in [2.45, 2.75) is 25.5 Å². The zero-order valence-electron chi connectivity index (χ0n) is 11.0. The van der Waals surface area contributed by atoms with Gasteiger partial charge in [0.15, 0.2) is 0 Å². The summed E-state index contributed by atoms with van der Waals surface area (Å²) >= 11 is 0. The minimum Gasteiger partial charge on any atom is -0.445 e. The number of hydrogen-bond donors (Lipinski definition) is 1. The third kappa shape index (κ3) is 2.73. The minimum absolute atomic E-state index is 0.188. The number of carbonyl (C=O) groups excluding carboxylic acids is 1. The second-order valence-corrected chi connectivity index (χ2v) is 5.70. The predicted molar refractivity (Wildman–Crippen MR) is 72.4 cm³/mol. The zero-order valence-corrected chi connectivity index (χ0v) is 11.0. The monoisotopic (exact) mass is 260 g/mol. The van der Waals surface area contributed by atoms with E-state index < -0.39 is 0 Å². The van der Waals surface area contributed by atoms with Gasteiger partial charge in [-0.2, -0.15) is 0 Å². The number of fused-ring (bicyclic) bond motifs is 1. The van der Waals surface area contributed by atoms with Crippen molar-refractivity contribution in [3.8, 4) is 0 Å². The Morgan fingerprint density at radius 3 is 2.47 bits per heavy atom. The molecule has 1 aliphatic heterocycles. The third-order valence-electron chi connectivity index (χ3n) is 4.25. The highest BCUT2D eigenvalue weighted by atomic mass is 16.6. The van der Waals surface area contributed by atoms with E-state index in [9.17, 15) is 4.79 Å². The van der Waals surface area contributed by atoms with E-state index in [1.165, 1.54) is 0 Å². The molecule has 2 unspecified atom stereocenters. The van der Waals surface area contributed by atoms with Gasteiger partial charge in [0.2, 0.25) is 0 Å². The molecule has 2 fully saturated rings. The fourth-order valence-electron chi connectivity index (χ4n) is 3.31.